The van der Waals surface area contributed by atoms with Crippen molar-refractivity contribution in [2.24, 2.45) is 0 Å². The summed E-state index contributed by atoms with van der Waals surface area (Å²) in [6.07, 6.45) is 0. The monoisotopic (exact) mass is 468 g/mol. The highest BCUT2D eigenvalue weighted by molar-refractivity contribution is 6.46. The van der Waals surface area contributed by atoms with E-state index >= 15 is 0 Å². The molecule has 2 aromatic rings. The first-order valence-electron chi connectivity index (χ1n) is 11.3. The maximum Gasteiger partial charge on any atom is 0.295 e. The molecule has 1 aliphatic heterocycles. The van der Waals surface area contributed by atoms with Gasteiger partial charge in [-0.3, -0.25) is 9.59 Å². The second-order valence-corrected chi connectivity index (χ2v) is 8.10. The second-order valence-electron chi connectivity index (χ2n) is 8.10. The number of hydrogen-bond donors (Lipinski definition) is 1. The van der Waals surface area contributed by atoms with Crippen molar-refractivity contribution in [2.45, 2.75) is 19.9 Å². The molecule has 0 spiro atoms. The number of amides is 1. The van der Waals surface area contributed by atoms with Gasteiger partial charge in [0, 0.05) is 19.2 Å². The van der Waals surface area contributed by atoms with Gasteiger partial charge < -0.3 is 29.1 Å². The van der Waals surface area contributed by atoms with Gasteiger partial charge in [0.1, 0.15) is 23.0 Å². The smallest absolute Gasteiger partial charge is 0.295 e. The molecule has 34 heavy (non-hydrogen) atoms. The lowest BCUT2D eigenvalue weighted by molar-refractivity contribution is -0.140. The average Bonchev–Trinajstić information content (AvgIpc) is 3.08. The van der Waals surface area contributed by atoms with Crippen molar-refractivity contribution in [2.75, 3.05) is 47.5 Å². The molecule has 2 aromatic carbocycles. The van der Waals surface area contributed by atoms with E-state index in [2.05, 4.69) is 0 Å². The summed E-state index contributed by atoms with van der Waals surface area (Å²) < 4.78 is 16.7. The number of ether oxygens (including phenoxy) is 3. The van der Waals surface area contributed by atoms with Gasteiger partial charge in [0.15, 0.2) is 0 Å². The SMILES string of the molecule is CCOc1ccc(/C(O)=C2/C(=O)C(=O)N(CCN(C)C)C2c2cccc(OC)c2)c(OCC)c1. The van der Waals surface area contributed by atoms with Crippen LogP contribution in [0.1, 0.15) is 31.0 Å². The Morgan fingerprint density at radius 3 is 2.41 bits per heavy atom. The summed E-state index contributed by atoms with van der Waals surface area (Å²) >= 11 is 0. The summed E-state index contributed by atoms with van der Waals surface area (Å²) in [6, 6.07) is 11.4. The molecule has 0 aliphatic carbocycles. The summed E-state index contributed by atoms with van der Waals surface area (Å²) in [5.74, 6) is -0.134. The van der Waals surface area contributed by atoms with Crippen LogP contribution in [0, 0.1) is 0 Å². The molecule has 1 atom stereocenters. The first-order chi connectivity index (χ1) is 16.3. The van der Waals surface area contributed by atoms with E-state index in [4.69, 9.17) is 14.2 Å². The summed E-state index contributed by atoms with van der Waals surface area (Å²) in [7, 11) is 5.34. The van der Waals surface area contributed by atoms with E-state index in [9.17, 15) is 14.7 Å². The molecule has 1 N–H and O–H groups in total. The minimum Gasteiger partial charge on any atom is -0.507 e. The van der Waals surface area contributed by atoms with Gasteiger partial charge in [0.05, 0.1) is 37.5 Å². The maximum absolute atomic E-state index is 13.2. The Hall–Kier alpha value is -3.52. The molecule has 1 heterocycles. The van der Waals surface area contributed by atoms with Crippen LogP contribution < -0.4 is 14.2 Å². The number of hydrogen-bond acceptors (Lipinski definition) is 7. The molecule has 0 aromatic heterocycles. The van der Waals surface area contributed by atoms with Crippen molar-refractivity contribution < 1.29 is 28.9 Å². The number of Topliss-reactive ketones (excluding diaryl/α,β-unsaturated/α-hetero) is 1. The molecular weight excluding hydrogens is 436 g/mol. The zero-order chi connectivity index (χ0) is 24.8. The Morgan fingerprint density at radius 1 is 1.03 bits per heavy atom. The number of aliphatic hydroxyl groups excluding tert-OH is 1. The third kappa shape index (κ3) is 5.17. The number of likely N-dealkylation sites (tertiary alicyclic amines) is 1. The van der Waals surface area contributed by atoms with Crippen LogP contribution in [0.4, 0.5) is 0 Å². The molecule has 3 rings (SSSR count). The molecule has 182 valence electrons. The van der Waals surface area contributed by atoms with E-state index < -0.39 is 17.7 Å². The highest BCUT2D eigenvalue weighted by atomic mass is 16.5. The summed E-state index contributed by atoms with van der Waals surface area (Å²) in [4.78, 5) is 29.7. The molecule has 1 saturated heterocycles. The van der Waals surface area contributed by atoms with Crippen LogP contribution in [0.2, 0.25) is 0 Å². The lowest BCUT2D eigenvalue weighted by atomic mass is 9.94. The van der Waals surface area contributed by atoms with Crippen LogP contribution in [0.25, 0.3) is 5.76 Å². The normalized spacial score (nSPS) is 17.4. The van der Waals surface area contributed by atoms with Gasteiger partial charge in [-0.15, -0.1) is 0 Å². The van der Waals surface area contributed by atoms with Crippen LogP contribution >= 0.6 is 0 Å². The van der Waals surface area contributed by atoms with Crippen LogP contribution in [0.15, 0.2) is 48.0 Å². The van der Waals surface area contributed by atoms with Crippen molar-refractivity contribution >= 4 is 17.4 Å². The van der Waals surface area contributed by atoms with Gasteiger partial charge >= 0.3 is 0 Å². The number of nitrogens with zero attached hydrogens (tertiary/aromatic N) is 2. The second kappa shape index (κ2) is 11.1. The fourth-order valence-electron chi connectivity index (χ4n) is 3.95. The lowest BCUT2D eigenvalue weighted by Gasteiger charge is -2.27. The van der Waals surface area contributed by atoms with E-state index in [0.717, 1.165) is 0 Å². The van der Waals surface area contributed by atoms with Crippen molar-refractivity contribution in [3.8, 4) is 17.2 Å². The van der Waals surface area contributed by atoms with E-state index in [1.165, 1.54) is 4.90 Å². The van der Waals surface area contributed by atoms with Gasteiger partial charge in [-0.2, -0.15) is 0 Å². The Balaban J connectivity index is 2.19. The summed E-state index contributed by atoms with van der Waals surface area (Å²) in [5.41, 5.74) is 1.01. The topological polar surface area (TPSA) is 88.5 Å². The molecule has 1 aliphatic rings. The highest BCUT2D eigenvalue weighted by Gasteiger charge is 2.46. The van der Waals surface area contributed by atoms with Crippen LogP contribution in [0.3, 0.4) is 0 Å². The zero-order valence-electron chi connectivity index (χ0n) is 20.3. The quantitative estimate of drug-likeness (QED) is 0.324. The van der Waals surface area contributed by atoms with Crippen LogP contribution in [-0.2, 0) is 9.59 Å². The number of carbonyl (C=O) groups excluding carboxylic acids is 2. The molecule has 8 heteroatoms. The Morgan fingerprint density at radius 2 is 1.76 bits per heavy atom. The zero-order valence-corrected chi connectivity index (χ0v) is 20.3. The van der Waals surface area contributed by atoms with E-state index in [1.54, 1.807) is 43.5 Å². The van der Waals surface area contributed by atoms with Crippen molar-refractivity contribution in [1.82, 2.24) is 9.80 Å². The lowest BCUT2D eigenvalue weighted by Crippen LogP contribution is -2.35. The number of benzene rings is 2. The van der Waals surface area contributed by atoms with E-state index in [-0.39, 0.29) is 11.3 Å². The highest BCUT2D eigenvalue weighted by Crippen LogP contribution is 2.42. The third-order valence-corrected chi connectivity index (χ3v) is 5.56. The largest absolute Gasteiger partial charge is 0.507 e. The fraction of sp³-hybridized carbons (Fsp3) is 0.385. The number of rotatable bonds is 10. The molecule has 1 amide bonds. The molecule has 0 bridgehead atoms. The van der Waals surface area contributed by atoms with Crippen LogP contribution in [-0.4, -0.2) is 74.1 Å². The Kier molecular flexibility index (Phi) is 8.17. The first kappa shape index (κ1) is 25.1. The third-order valence-electron chi connectivity index (χ3n) is 5.56. The van der Waals surface area contributed by atoms with E-state index in [1.807, 2.05) is 38.9 Å². The minimum atomic E-state index is -0.768. The van der Waals surface area contributed by atoms with Crippen molar-refractivity contribution in [1.29, 1.82) is 0 Å². The van der Waals surface area contributed by atoms with E-state index in [0.29, 0.717) is 54.7 Å². The molecule has 0 saturated carbocycles. The fourth-order valence-corrected chi connectivity index (χ4v) is 3.95. The molecule has 8 nitrogen and oxygen atoms in total. The van der Waals surface area contributed by atoms with Gasteiger partial charge in [-0.05, 0) is 57.8 Å². The first-order valence-corrected chi connectivity index (χ1v) is 11.3. The summed E-state index contributed by atoms with van der Waals surface area (Å²) in [6.45, 7) is 5.40. The van der Waals surface area contributed by atoms with Gasteiger partial charge in [-0.1, -0.05) is 12.1 Å². The number of aliphatic hydroxyl groups is 1. The van der Waals surface area contributed by atoms with Gasteiger partial charge in [0.25, 0.3) is 11.7 Å². The number of ketones is 1. The van der Waals surface area contributed by atoms with Crippen LogP contribution in [0.5, 0.6) is 17.2 Å². The summed E-state index contributed by atoms with van der Waals surface area (Å²) in [5, 5.41) is 11.4. The molecule has 1 unspecified atom stereocenters. The standard InChI is InChI=1S/C26H32N2O6/c1-6-33-19-11-12-20(21(16-19)34-7-2)24(29)22-23(17-9-8-10-18(15-17)32-5)28(14-13-27(3)4)26(31)25(22)30/h8-12,15-16,23,29H,6-7,13-14H2,1-5H3/b24-22-. The number of methoxy groups -OCH3 is 1. The Labute approximate surface area is 200 Å². The number of carbonyl (C=O) groups is 2. The molecular formula is C26H32N2O6. The van der Waals surface area contributed by atoms with Crippen molar-refractivity contribution in [3.05, 3.63) is 59.2 Å². The predicted molar refractivity (Wildman–Crippen MR) is 129 cm³/mol. The number of likely N-dealkylation sites (N-methyl/N-ethyl adjacent to an activating group) is 1. The van der Waals surface area contributed by atoms with Gasteiger partial charge in [-0.25, -0.2) is 0 Å². The molecule has 0 radical (unpaired) electrons. The molecule has 1 fully saturated rings. The average molecular weight is 469 g/mol. The predicted octanol–water partition coefficient (Wildman–Crippen LogP) is 3.48. The maximum atomic E-state index is 13.2. The Bertz CT molecular complexity index is 1080. The minimum absolute atomic E-state index is 0.0159. The van der Waals surface area contributed by atoms with Crippen molar-refractivity contribution in [3.63, 3.8) is 0 Å². The van der Waals surface area contributed by atoms with Gasteiger partial charge in [0.2, 0.25) is 0 Å².